The van der Waals surface area contributed by atoms with Crippen molar-refractivity contribution in [3.05, 3.63) is 29.8 Å². The number of carbonyl (C=O) groups excluding carboxylic acids is 1. The van der Waals surface area contributed by atoms with E-state index in [9.17, 15) is 4.79 Å². The molecule has 0 aliphatic heterocycles. The fraction of sp³-hybridized carbons (Fsp3) is 0.467. The molecule has 0 aliphatic carbocycles. The summed E-state index contributed by atoms with van der Waals surface area (Å²) in [5.41, 5.74) is 0.907. The fourth-order valence-electron chi connectivity index (χ4n) is 1.38. The van der Waals surface area contributed by atoms with Crippen LogP contribution in [0, 0.1) is 0 Å². The van der Waals surface area contributed by atoms with Gasteiger partial charge < -0.3 is 14.3 Å². The van der Waals surface area contributed by atoms with Crippen LogP contribution in [0.4, 0.5) is 0 Å². The molecule has 0 radical (unpaired) electrons. The van der Waals surface area contributed by atoms with Gasteiger partial charge in [0.15, 0.2) is 0 Å². The Morgan fingerprint density at radius 1 is 1.20 bits per heavy atom. The lowest BCUT2D eigenvalue weighted by atomic mass is 10.2. The summed E-state index contributed by atoms with van der Waals surface area (Å²) in [7, 11) is 0. The third-order valence-corrected chi connectivity index (χ3v) is 2.33. The highest BCUT2D eigenvalue weighted by Crippen LogP contribution is 2.11. The van der Waals surface area contributed by atoms with Gasteiger partial charge in [-0.25, -0.2) is 0 Å². The van der Waals surface area contributed by atoms with E-state index < -0.39 is 0 Å². The topological polar surface area (TPSA) is 57.1 Å². The Hall–Kier alpha value is -2.04. The molecule has 0 bridgehead atoms. The van der Waals surface area contributed by atoms with Gasteiger partial charge in [0.25, 0.3) is 0 Å². The maximum atomic E-state index is 11.0. The second-order valence-electron chi connectivity index (χ2n) is 4.04. The van der Waals surface area contributed by atoms with Gasteiger partial charge in [-0.15, -0.1) is 0 Å². The third kappa shape index (κ3) is 6.78. The van der Waals surface area contributed by atoms with Gasteiger partial charge in [-0.1, -0.05) is 12.1 Å². The van der Waals surface area contributed by atoms with E-state index in [1.54, 1.807) is 13.1 Å². The Balaban J connectivity index is 2.26. The molecule has 5 heteroatoms. The van der Waals surface area contributed by atoms with E-state index >= 15 is 0 Å². The largest absolute Gasteiger partial charge is 0.494 e. The Bertz CT molecular complexity index is 414. The van der Waals surface area contributed by atoms with Crippen LogP contribution in [0.15, 0.2) is 29.4 Å². The lowest BCUT2D eigenvalue weighted by Crippen LogP contribution is -2.06. The Morgan fingerprint density at radius 2 is 1.95 bits per heavy atom. The number of rotatable bonds is 9. The zero-order valence-corrected chi connectivity index (χ0v) is 12.0. The van der Waals surface area contributed by atoms with Crippen molar-refractivity contribution in [2.45, 2.75) is 26.7 Å². The fourth-order valence-corrected chi connectivity index (χ4v) is 1.38. The predicted octanol–water partition coefficient (Wildman–Crippen LogP) is 2.78. The first-order valence-corrected chi connectivity index (χ1v) is 6.80. The Kier molecular flexibility index (Phi) is 7.87. The van der Waals surface area contributed by atoms with Crippen LogP contribution in [0.1, 0.15) is 32.3 Å². The zero-order chi connectivity index (χ0) is 14.6. The molecule has 5 nitrogen and oxygen atoms in total. The van der Waals surface area contributed by atoms with Crippen LogP contribution in [0.25, 0.3) is 0 Å². The van der Waals surface area contributed by atoms with E-state index in [0.29, 0.717) is 13.2 Å². The standard InChI is InChI=1S/C15H21NO4/c1-3-10-19-14-7-5-13(6-8-14)12-16-20-11-9-15(17)18-4-2/h5-8,12H,3-4,9-11H2,1-2H3/b16-12+. The van der Waals surface area contributed by atoms with E-state index in [4.69, 9.17) is 14.3 Å². The molecule has 0 saturated carbocycles. The molecule has 0 amide bonds. The lowest BCUT2D eigenvalue weighted by Gasteiger charge is -2.03. The van der Waals surface area contributed by atoms with E-state index in [0.717, 1.165) is 17.7 Å². The molecule has 110 valence electrons. The molecular weight excluding hydrogens is 258 g/mol. The number of benzene rings is 1. The van der Waals surface area contributed by atoms with Crippen LogP contribution in [0.5, 0.6) is 5.75 Å². The van der Waals surface area contributed by atoms with Gasteiger partial charge in [-0.2, -0.15) is 0 Å². The van der Waals surface area contributed by atoms with Gasteiger partial charge in [-0.3, -0.25) is 4.79 Å². The lowest BCUT2D eigenvalue weighted by molar-refractivity contribution is -0.144. The molecule has 0 unspecified atom stereocenters. The van der Waals surface area contributed by atoms with Crippen molar-refractivity contribution in [3.8, 4) is 5.75 Å². The number of nitrogens with zero attached hydrogens (tertiary/aromatic N) is 1. The number of oxime groups is 1. The molecule has 0 aliphatic rings. The summed E-state index contributed by atoms with van der Waals surface area (Å²) >= 11 is 0. The first kappa shape index (κ1) is 16.0. The van der Waals surface area contributed by atoms with Crippen molar-refractivity contribution >= 4 is 12.2 Å². The highest BCUT2D eigenvalue weighted by Gasteiger charge is 2.00. The molecular formula is C15H21NO4. The molecule has 1 rings (SSSR count). The molecule has 0 saturated heterocycles. The zero-order valence-electron chi connectivity index (χ0n) is 12.0. The monoisotopic (exact) mass is 279 g/mol. The number of ether oxygens (including phenoxy) is 2. The summed E-state index contributed by atoms with van der Waals surface area (Å²) in [5.74, 6) is 0.562. The highest BCUT2D eigenvalue weighted by molar-refractivity contribution is 5.79. The minimum absolute atomic E-state index is 0.203. The van der Waals surface area contributed by atoms with Crippen molar-refractivity contribution in [2.75, 3.05) is 19.8 Å². The van der Waals surface area contributed by atoms with Gasteiger partial charge in [0.2, 0.25) is 0 Å². The van der Waals surface area contributed by atoms with E-state index in [-0.39, 0.29) is 19.0 Å². The van der Waals surface area contributed by atoms with Crippen molar-refractivity contribution in [3.63, 3.8) is 0 Å². The van der Waals surface area contributed by atoms with Crippen molar-refractivity contribution in [2.24, 2.45) is 5.16 Å². The molecule has 0 aromatic heterocycles. The van der Waals surface area contributed by atoms with Crippen molar-refractivity contribution in [1.29, 1.82) is 0 Å². The van der Waals surface area contributed by atoms with E-state index in [2.05, 4.69) is 12.1 Å². The molecule has 1 aromatic rings. The molecule has 20 heavy (non-hydrogen) atoms. The van der Waals surface area contributed by atoms with Gasteiger partial charge in [0.1, 0.15) is 12.4 Å². The first-order chi connectivity index (χ1) is 9.76. The molecule has 0 fully saturated rings. The average molecular weight is 279 g/mol. The Labute approximate surface area is 119 Å². The molecule has 0 heterocycles. The summed E-state index contributed by atoms with van der Waals surface area (Å²) in [6.07, 6.45) is 2.78. The maximum Gasteiger partial charge on any atom is 0.309 e. The van der Waals surface area contributed by atoms with Crippen LogP contribution in [0.3, 0.4) is 0 Å². The summed E-state index contributed by atoms with van der Waals surface area (Å²) in [6, 6.07) is 7.55. The van der Waals surface area contributed by atoms with Crippen molar-refractivity contribution < 1.29 is 19.1 Å². The summed E-state index contributed by atoms with van der Waals surface area (Å²) in [4.78, 5) is 16.0. The van der Waals surface area contributed by atoms with E-state index in [1.165, 1.54) is 0 Å². The van der Waals surface area contributed by atoms with Gasteiger partial charge in [-0.05, 0) is 43.2 Å². The first-order valence-electron chi connectivity index (χ1n) is 6.80. The SMILES string of the molecule is CCCOc1ccc(/C=N/OCCC(=O)OCC)cc1. The van der Waals surface area contributed by atoms with Gasteiger partial charge >= 0.3 is 5.97 Å². The smallest absolute Gasteiger partial charge is 0.309 e. The molecule has 0 atom stereocenters. The quantitative estimate of drug-likeness (QED) is 0.302. The van der Waals surface area contributed by atoms with Crippen LogP contribution < -0.4 is 4.74 Å². The van der Waals surface area contributed by atoms with Gasteiger partial charge in [0, 0.05) is 0 Å². The summed E-state index contributed by atoms with van der Waals surface area (Å²) < 4.78 is 10.2. The number of hydrogen-bond acceptors (Lipinski definition) is 5. The van der Waals surface area contributed by atoms with Crippen LogP contribution in [0.2, 0.25) is 0 Å². The summed E-state index contributed by atoms with van der Waals surface area (Å²) in [5, 5.41) is 3.79. The second kappa shape index (κ2) is 9.83. The minimum atomic E-state index is -0.278. The number of carbonyl (C=O) groups is 1. The number of esters is 1. The second-order valence-corrected chi connectivity index (χ2v) is 4.04. The third-order valence-electron chi connectivity index (χ3n) is 2.33. The summed E-state index contributed by atoms with van der Waals surface area (Å²) in [6.45, 7) is 5.14. The normalized spacial score (nSPS) is 10.5. The van der Waals surface area contributed by atoms with Crippen LogP contribution >= 0.6 is 0 Å². The predicted molar refractivity (Wildman–Crippen MR) is 77.0 cm³/mol. The maximum absolute atomic E-state index is 11.0. The number of hydrogen-bond donors (Lipinski definition) is 0. The molecule has 1 aromatic carbocycles. The van der Waals surface area contributed by atoms with Crippen molar-refractivity contribution in [1.82, 2.24) is 0 Å². The minimum Gasteiger partial charge on any atom is -0.494 e. The van der Waals surface area contributed by atoms with Crippen LogP contribution in [-0.4, -0.2) is 32.0 Å². The highest BCUT2D eigenvalue weighted by atomic mass is 16.6. The van der Waals surface area contributed by atoms with Gasteiger partial charge in [0.05, 0.1) is 25.8 Å². The van der Waals surface area contributed by atoms with E-state index in [1.807, 2.05) is 24.3 Å². The van der Waals surface area contributed by atoms with Crippen LogP contribution in [-0.2, 0) is 14.4 Å². The average Bonchev–Trinajstić information content (AvgIpc) is 2.46. The Morgan fingerprint density at radius 3 is 2.60 bits per heavy atom. The molecule has 0 spiro atoms. The molecule has 0 N–H and O–H groups in total.